The van der Waals surface area contributed by atoms with Gasteiger partial charge in [0.1, 0.15) is 0 Å². The van der Waals surface area contributed by atoms with Crippen molar-refractivity contribution in [3.63, 3.8) is 0 Å². The van der Waals surface area contributed by atoms with Crippen molar-refractivity contribution in [3.8, 4) is 11.5 Å². The second-order valence-electron chi connectivity index (χ2n) is 8.45. The highest BCUT2D eigenvalue weighted by molar-refractivity contribution is 7.07. The Hall–Kier alpha value is -3.98. The molecule has 192 valence electrons. The molecule has 4 rings (SSSR count). The first kappa shape index (κ1) is 26.1. The minimum absolute atomic E-state index is 0.176. The quantitative estimate of drug-likeness (QED) is 0.350. The monoisotopic (exact) mass is 520 g/mol. The number of ether oxygens (including phenoxy) is 3. The summed E-state index contributed by atoms with van der Waals surface area (Å²) in [6.45, 7) is 9.08. The molecule has 0 saturated carbocycles. The maximum absolute atomic E-state index is 13.7. The summed E-state index contributed by atoms with van der Waals surface area (Å²) in [6, 6.07) is 12.0. The Labute approximate surface area is 218 Å². The predicted molar refractivity (Wildman–Crippen MR) is 140 cm³/mol. The lowest BCUT2D eigenvalue weighted by atomic mass is 9.95. The van der Waals surface area contributed by atoms with Crippen LogP contribution in [-0.2, 0) is 14.3 Å². The number of aromatic nitrogens is 1. The fraction of sp³-hybridized carbons (Fsp3) is 0.286. The second kappa shape index (κ2) is 11.0. The highest BCUT2D eigenvalue weighted by atomic mass is 32.1. The zero-order chi connectivity index (χ0) is 26.7. The number of hydrogen-bond donors (Lipinski definition) is 0. The lowest BCUT2D eigenvalue weighted by Gasteiger charge is -2.25. The van der Waals surface area contributed by atoms with Gasteiger partial charge in [-0.05, 0) is 57.0 Å². The largest absolute Gasteiger partial charge is 0.490 e. The van der Waals surface area contributed by atoms with Crippen LogP contribution < -0.4 is 24.4 Å². The Morgan fingerprint density at radius 1 is 1.05 bits per heavy atom. The van der Waals surface area contributed by atoms with E-state index in [1.807, 2.05) is 44.2 Å². The molecule has 0 bridgehead atoms. The molecular formula is C28H28N2O6S. The van der Waals surface area contributed by atoms with E-state index in [4.69, 9.17) is 14.2 Å². The van der Waals surface area contributed by atoms with Crippen molar-refractivity contribution in [1.82, 2.24) is 4.57 Å². The fourth-order valence-electron chi connectivity index (χ4n) is 4.12. The number of fused-ring (bicyclic) bond motifs is 1. The van der Waals surface area contributed by atoms with Gasteiger partial charge in [0.05, 0.1) is 35.1 Å². The summed E-state index contributed by atoms with van der Waals surface area (Å²) in [5.41, 5.74) is 3.06. The number of thiazole rings is 1. The van der Waals surface area contributed by atoms with Crippen molar-refractivity contribution >= 4 is 29.4 Å². The molecule has 3 aromatic rings. The molecule has 0 fully saturated rings. The Kier molecular flexibility index (Phi) is 7.73. The van der Waals surface area contributed by atoms with Gasteiger partial charge in [0.25, 0.3) is 5.56 Å². The average Bonchev–Trinajstić information content (AvgIpc) is 3.15. The Morgan fingerprint density at radius 3 is 2.43 bits per heavy atom. The van der Waals surface area contributed by atoms with Gasteiger partial charge in [-0.1, -0.05) is 47.2 Å². The van der Waals surface area contributed by atoms with Crippen LogP contribution >= 0.6 is 11.3 Å². The van der Waals surface area contributed by atoms with Gasteiger partial charge in [-0.15, -0.1) is 0 Å². The lowest BCUT2D eigenvalue weighted by molar-refractivity contribution is -0.139. The molecule has 0 amide bonds. The van der Waals surface area contributed by atoms with E-state index in [0.29, 0.717) is 33.0 Å². The number of aryl methyl sites for hydroxylation is 1. The molecule has 8 nitrogen and oxygen atoms in total. The fourth-order valence-corrected chi connectivity index (χ4v) is 5.17. The lowest BCUT2D eigenvalue weighted by Crippen LogP contribution is -2.40. The number of allylic oxidation sites excluding steroid dienone is 1. The summed E-state index contributed by atoms with van der Waals surface area (Å²) >= 11 is 1.26. The van der Waals surface area contributed by atoms with Gasteiger partial charge < -0.3 is 14.2 Å². The van der Waals surface area contributed by atoms with E-state index in [2.05, 4.69) is 4.99 Å². The van der Waals surface area contributed by atoms with E-state index in [1.54, 1.807) is 32.0 Å². The van der Waals surface area contributed by atoms with Crippen LogP contribution in [0.3, 0.4) is 0 Å². The molecule has 1 atom stereocenters. The Morgan fingerprint density at radius 2 is 1.78 bits per heavy atom. The molecule has 1 aliphatic rings. The van der Waals surface area contributed by atoms with E-state index in [0.717, 1.165) is 11.1 Å². The summed E-state index contributed by atoms with van der Waals surface area (Å²) in [6.07, 6.45) is 1.82. The zero-order valence-corrected chi connectivity index (χ0v) is 22.2. The summed E-state index contributed by atoms with van der Waals surface area (Å²) in [5.74, 6) is -0.456. The van der Waals surface area contributed by atoms with Crippen molar-refractivity contribution in [2.75, 3.05) is 13.2 Å². The van der Waals surface area contributed by atoms with E-state index in [-0.39, 0.29) is 23.5 Å². The number of carbonyl (C=O) groups excluding carboxylic acids is 2. The molecular weight excluding hydrogens is 492 g/mol. The van der Waals surface area contributed by atoms with Crippen molar-refractivity contribution in [1.29, 1.82) is 0 Å². The molecule has 2 aromatic carbocycles. The smallest absolute Gasteiger partial charge is 0.338 e. The standard InChI is InChI=1S/C28H28N2O6S/c1-6-34-22-15-20(12-13-21(22)36-18(5)31)25-24(27(33)35-7-2)17(4)29-28-30(25)26(32)23(37-28)14-19-10-8-16(3)9-11-19/h8-15,25H,6-7H2,1-5H3. The minimum Gasteiger partial charge on any atom is -0.490 e. The van der Waals surface area contributed by atoms with Crippen LogP contribution in [0.2, 0.25) is 0 Å². The first-order valence-corrected chi connectivity index (χ1v) is 12.8. The van der Waals surface area contributed by atoms with E-state index in [9.17, 15) is 14.4 Å². The molecule has 0 aliphatic carbocycles. The number of hydrogen-bond acceptors (Lipinski definition) is 8. The normalized spacial score (nSPS) is 15.2. The third kappa shape index (κ3) is 5.41. The predicted octanol–water partition coefficient (Wildman–Crippen LogP) is 3.43. The first-order chi connectivity index (χ1) is 17.7. The highest BCUT2D eigenvalue weighted by Crippen LogP contribution is 2.36. The highest BCUT2D eigenvalue weighted by Gasteiger charge is 2.34. The molecule has 0 saturated heterocycles. The Balaban J connectivity index is 1.94. The molecule has 1 aliphatic heterocycles. The maximum Gasteiger partial charge on any atom is 0.338 e. The molecule has 1 aromatic heterocycles. The zero-order valence-electron chi connectivity index (χ0n) is 21.4. The molecule has 0 radical (unpaired) electrons. The van der Waals surface area contributed by atoms with Crippen molar-refractivity contribution < 1.29 is 23.8 Å². The third-order valence-electron chi connectivity index (χ3n) is 5.73. The molecule has 37 heavy (non-hydrogen) atoms. The van der Waals surface area contributed by atoms with Crippen LogP contribution in [-0.4, -0.2) is 29.7 Å². The van der Waals surface area contributed by atoms with Crippen molar-refractivity contribution in [2.24, 2.45) is 4.99 Å². The van der Waals surface area contributed by atoms with E-state index < -0.39 is 18.0 Å². The van der Waals surface area contributed by atoms with Crippen molar-refractivity contribution in [2.45, 2.75) is 40.7 Å². The molecule has 9 heteroatoms. The number of esters is 2. The summed E-state index contributed by atoms with van der Waals surface area (Å²) in [5, 5.41) is 0. The summed E-state index contributed by atoms with van der Waals surface area (Å²) in [4.78, 5) is 43.5. The molecule has 2 heterocycles. The Bertz CT molecular complexity index is 1560. The van der Waals surface area contributed by atoms with Crippen molar-refractivity contribution in [3.05, 3.63) is 90.1 Å². The van der Waals surface area contributed by atoms with Gasteiger partial charge in [-0.25, -0.2) is 9.79 Å². The van der Waals surface area contributed by atoms with Gasteiger partial charge in [0, 0.05) is 6.92 Å². The third-order valence-corrected chi connectivity index (χ3v) is 6.71. The minimum atomic E-state index is -0.805. The van der Waals surface area contributed by atoms with Gasteiger partial charge in [0.2, 0.25) is 0 Å². The van der Waals surface area contributed by atoms with E-state index in [1.165, 1.54) is 22.8 Å². The average molecular weight is 521 g/mol. The second-order valence-corrected chi connectivity index (χ2v) is 9.45. The van der Waals surface area contributed by atoms with Crippen LogP contribution in [0.5, 0.6) is 11.5 Å². The SMILES string of the molecule is CCOC(=O)C1=C(C)N=c2sc(=Cc3ccc(C)cc3)c(=O)n2C1c1ccc(OC(C)=O)c(OCC)c1. The maximum atomic E-state index is 13.7. The summed E-state index contributed by atoms with van der Waals surface area (Å²) in [7, 11) is 0. The number of nitrogens with zero attached hydrogens (tertiary/aromatic N) is 2. The molecule has 0 spiro atoms. The molecule has 1 unspecified atom stereocenters. The van der Waals surface area contributed by atoms with Gasteiger partial charge >= 0.3 is 11.9 Å². The number of benzene rings is 2. The van der Waals surface area contributed by atoms with Gasteiger partial charge in [-0.3, -0.25) is 14.2 Å². The summed E-state index contributed by atoms with van der Waals surface area (Å²) < 4.78 is 18.4. The molecule has 0 N–H and O–H groups in total. The van der Waals surface area contributed by atoms with Crippen LogP contribution in [0.4, 0.5) is 0 Å². The first-order valence-electron chi connectivity index (χ1n) is 11.9. The van der Waals surface area contributed by atoms with Gasteiger partial charge in [0.15, 0.2) is 16.3 Å². The number of rotatable bonds is 7. The van der Waals surface area contributed by atoms with Gasteiger partial charge in [-0.2, -0.15) is 0 Å². The van der Waals surface area contributed by atoms with Crippen LogP contribution in [0.1, 0.15) is 50.4 Å². The number of carbonyl (C=O) groups is 2. The topological polar surface area (TPSA) is 96.2 Å². The van der Waals surface area contributed by atoms with Crippen LogP contribution in [0.25, 0.3) is 6.08 Å². The van der Waals surface area contributed by atoms with Crippen LogP contribution in [0.15, 0.2) is 63.5 Å². The van der Waals surface area contributed by atoms with E-state index >= 15 is 0 Å². The van der Waals surface area contributed by atoms with Crippen LogP contribution in [0, 0.1) is 6.92 Å².